The lowest BCUT2D eigenvalue weighted by Gasteiger charge is -2.11. The molecule has 0 fully saturated rings. The van der Waals surface area contributed by atoms with Crippen LogP contribution in [0.2, 0.25) is 0 Å². The van der Waals surface area contributed by atoms with E-state index < -0.39 is 0 Å². The Morgan fingerprint density at radius 1 is 0.652 bits per heavy atom. The minimum Gasteiger partial charge on any atom is -0.528 e. The molecule has 0 radical (unpaired) electrons. The first-order valence-corrected chi connectivity index (χ1v) is 6.57. The molecule has 7 heteroatoms. The molecule has 0 amide bonds. The second kappa shape index (κ2) is 7.70. The maximum atomic E-state index is 11.1. The van der Waals surface area contributed by atoms with Crippen LogP contribution in [0.5, 0.6) is 11.5 Å². The lowest BCUT2D eigenvalue weighted by Crippen LogP contribution is -2.14. The van der Waals surface area contributed by atoms with Gasteiger partial charge in [0.05, 0.1) is 11.1 Å². The topological polar surface area (TPSA) is 86.7 Å². The summed E-state index contributed by atoms with van der Waals surface area (Å²) >= 11 is 0. The van der Waals surface area contributed by atoms with Crippen LogP contribution in [0, 0.1) is 0 Å². The zero-order valence-electron chi connectivity index (χ0n) is 11.9. The molecule has 0 heterocycles. The van der Waals surface area contributed by atoms with Gasteiger partial charge in [-0.25, -0.2) is 0 Å². The van der Waals surface area contributed by atoms with Gasteiger partial charge in [-0.2, -0.15) is 0 Å². The second-order valence-corrected chi connectivity index (χ2v) is 4.40. The number of aldehydes is 4. The van der Waals surface area contributed by atoms with Crippen LogP contribution in [-0.2, 0) is 0 Å². The third-order valence-corrected chi connectivity index (χ3v) is 3.12. The number of hydrogen-bond acceptors (Lipinski definition) is 6. The number of rotatable bonds is 8. The van der Waals surface area contributed by atoms with E-state index >= 15 is 0 Å². The summed E-state index contributed by atoms with van der Waals surface area (Å²) in [5.74, 6) is 0.368. The van der Waals surface area contributed by atoms with E-state index in [2.05, 4.69) is 0 Å². The number of hydrogen-bond donors (Lipinski definition) is 0. The predicted octanol–water partition coefficient (Wildman–Crippen LogP) is 1.66. The molecule has 0 N–H and O–H groups in total. The van der Waals surface area contributed by atoms with E-state index in [1.165, 1.54) is 24.3 Å². The molecule has 2 aromatic carbocycles. The summed E-state index contributed by atoms with van der Waals surface area (Å²) in [7, 11) is -0.299. The summed E-state index contributed by atoms with van der Waals surface area (Å²) in [6.07, 6.45) is 2.14. The predicted molar refractivity (Wildman–Crippen MR) is 82.8 cm³/mol. The number of carbonyl (C=O) groups excluding carboxylic acids is 4. The summed E-state index contributed by atoms with van der Waals surface area (Å²) in [5.41, 5.74) is 0.634. The zero-order valence-corrected chi connectivity index (χ0v) is 11.9. The first-order valence-electron chi connectivity index (χ1n) is 6.57. The molecule has 0 saturated carbocycles. The Hall–Kier alpha value is -3.22. The molecule has 0 aromatic heterocycles. The Morgan fingerprint density at radius 3 is 1.43 bits per heavy atom. The highest BCUT2D eigenvalue weighted by atomic mass is 16.6. The summed E-state index contributed by atoms with van der Waals surface area (Å²) in [5, 5.41) is 0. The van der Waals surface area contributed by atoms with Crippen LogP contribution < -0.4 is 9.31 Å². The van der Waals surface area contributed by atoms with E-state index in [9.17, 15) is 19.2 Å². The van der Waals surface area contributed by atoms with Crippen molar-refractivity contribution in [3.05, 3.63) is 58.7 Å². The van der Waals surface area contributed by atoms with Gasteiger partial charge < -0.3 is 9.31 Å². The lowest BCUT2D eigenvalue weighted by atomic mass is 10.1. The van der Waals surface area contributed by atoms with Crippen molar-refractivity contribution in [2.24, 2.45) is 0 Å². The molecule has 0 aliphatic carbocycles. The molecule has 114 valence electrons. The quantitative estimate of drug-likeness (QED) is 0.544. The Morgan fingerprint density at radius 2 is 1.09 bits per heavy atom. The van der Waals surface area contributed by atoms with E-state index in [1.54, 1.807) is 12.1 Å². The maximum Gasteiger partial charge on any atom is 0.576 e. The van der Waals surface area contributed by atoms with Crippen LogP contribution >= 0.6 is 0 Å². The second-order valence-electron chi connectivity index (χ2n) is 4.40. The third kappa shape index (κ3) is 3.52. The van der Waals surface area contributed by atoms with Gasteiger partial charge in [0.2, 0.25) is 0 Å². The standard InChI is InChI=1S/C16H11BO6/c18-7-11-3-1-5-15(13(11)9-20)22-17-23-16-6-2-4-12(8-19)14(16)10-21/h1-10,17H. The van der Waals surface area contributed by atoms with Gasteiger partial charge in [-0.1, -0.05) is 24.3 Å². The highest BCUT2D eigenvalue weighted by molar-refractivity contribution is 6.21. The van der Waals surface area contributed by atoms with Crippen molar-refractivity contribution in [1.29, 1.82) is 0 Å². The first-order chi connectivity index (χ1) is 11.2. The molecule has 0 bridgehead atoms. The molecule has 0 unspecified atom stereocenters. The summed E-state index contributed by atoms with van der Waals surface area (Å²) in [4.78, 5) is 43.9. The Balaban J connectivity index is 2.15. The van der Waals surface area contributed by atoms with E-state index in [-0.39, 0.29) is 41.4 Å². The number of benzene rings is 2. The molecule has 2 aromatic rings. The highest BCUT2D eigenvalue weighted by Gasteiger charge is 2.12. The van der Waals surface area contributed by atoms with Crippen molar-refractivity contribution < 1.29 is 28.5 Å². The minimum absolute atomic E-state index is 0.114. The SMILES string of the molecule is O=Cc1cccc(OBOc2cccc(C=O)c2C=O)c1C=O. The normalized spacial score (nSPS) is 9.57. The zero-order chi connectivity index (χ0) is 16.7. The van der Waals surface area contributed by atoms with Crippen LogP contribution in [0.1, 0.15) is 41.4 Å². The molecule has 0 aliphatic heterocycles. The smallest absolute Gasteiger partial charge is 0.528 e. The van der Waals surface area contributed by atoms with Crippen LogP contribution in [-0.4, -0.2) is 32.8 Å². The van der Waals surface area contributed by atoms with E-state index in [1.807, 2.05) is 0 Å². The van der Waals surface area contributed by atoms with Crippen molar-refractivity contribution in [3.63, 3.8) is 0 Å². The van der Waals surface area contributed by atoms with Gasteiger partial charge in [-0.15, -0.1) is 0 Å². The first kappa shape index (κ1) is 16.2. The summed E-state index contributed by atoms with van der Waals surface area (Å²) in [6.45, 7) is 0. The van der Waals surface area contributed by atoms with Crippen molar-refractivity contribution in [3.8, 4) is 11.5 Å². The van der Waals surface area contributed by atoms with Crippen LogP contribution in [0.25, 0.3) is 0 Å². The number of carbonyl (C=O) groups is 4. The highest BCUT2D eigenvalue weighted by Crippen LogP contribution is 2.21. The fourth-order valence-corrected chi connectivity index (χ4v) is 1.99. The summed E-state index contributed by atoms with van der Waals surface area (Å²) < 4.78 is 10.7. The van der Waals surface area contributed by atoms with Crippen molar-refractivity contribution in [1.82, 2.24) is 0 Å². The van der Waals surface area contributed by atoms with Gasteiger partial charge in [-0.3, -0.25) is 19.2 Å². The van der Waals surface area contributed by atoms with Gasteiger partial charge in [0.25, 0.3) is 0 Å². The van der Waals surface area contributed by atoms with Crippen molar-refractivity contribution in [2.75, 3.05) is 0 Å². The molecule has 6 nitrogen and oxygen atoms in total. The average Bonchev–Trinajstić information content (AvgIpc) is 2.60. The molecule has 0 atom stereocenters. The van der Waals surface area contributed by atoms with E-state index in [4.69, 9.17) is 9.31 Å². The molecular formula is C16H11BO6. The molecular weight excluding hydrogens is 299 g/mol. The van der Waals surface area contributed by atoms with Crippen LogP contribution in [0.4, 0.5) is 0 Å². The van der Waals surface area contributed by atoms with Gasteiger partial charge in [-0.05, 0) is 12.1 Å². The monoisotopic (exact) mass is 310 g/mol. The molecule has 0 aliphatic rings. The summed E-state index contributed by atoms with van der Waals surface area (Å²) in [6, 6.07) is 9.14. The Kier molecular flexibility index (Phi) is 5.41. The Labute approximate surface area is 132 Å². The maximum absolute atomic E-state index is 11.1. The Bertz CT molecular complexity index is 693. The van der Waals surface area contributed by atoms with Crippen LogP contribution in [0.15, 0.2) is 36.4 Å². The lowest BCUT2D eigenvalue weighted by molar-refractivity contribution is 0.109. The fraction of sp³-hybridized carbons (Fsp3) is 0. The van der Waals surface area contributed by atoms with Crippen LogP contribution in [0.3, 0.4) is 0 Å². The van der Waals surface area contributed by atoms with E-state index in [0.29, 0.717) is 25.1 Å². The van der Waals surface area contributed by atoms with Crippen molar-refractivity contribution in [2.45, 2.75) is 0 Å². The van der Waals surface area contributed by atoms with Gasteiger partial charge in [0, 0.05) is 11.1 Å². The molecule has 0 spiro atoms. The van der Waals surface area contributed by atoms with Gasteiger partial charge in [0.15, 0.2) is 25.1 Å². The molecule has 2 rings (SSSR count). The fourth-order valence-electron chi connectivity index (χ4n) is 1.99. The van der Waals surface area contributed by atoms with E-state index in [0.717, 1.165) is 0 Å². The average molecular weight is 310 g/mol. The van der Waals surface area contributed by atoms with Gasteiger partial charge in [0.1, 0.15) is 11.5 Å². The largest absolute Gasteiger partial charge is 0.576 e. The van der Waals surface area contributed by atoms with Crippen molar-refractivity contribution >= 4 is 32.8 Å². The van der Waals surface area contributed by atoms with Gasteiger partial charge >= 0.3 is 7.69 Å². The third-order valence-electron chi connectivity index (χ3n) is 3.12. The minimum atomic E-state index is -0.299. The molecule has 23 heavy (non-hydrogen) atoms. The molecule has 0 saturated heterocycles.